The molecule has 0 aliphatic carbocycles. The third kappa shape index (κ3) is 4.45. The highest BCUT2D eigenvalue weighted by atomic mass is 35.9. The Kier molecular flexibility index (Phi) is 4.91. The van der Waals surface area contributed by atoms with Crippen molar-refractivity contribution in [1.82, 2.24) is 0 Å². The number of alkyl halides is 3. The monoisotopic (exact) mass is 276 g/mol. The summed E-state index contributed by atoms with van der Waals surface area (Å²) >= 11 is 27.2. The molecule has 0 N–H and O–H groups in total. The molecule has 1 nitrogen and oxygen atoms in total. The van der Waals surface area contributed by atoms with Crippen LogP contribution in [-0.4, -0.2) is 9.45 Å². The molecule has 0 saturated heterocycles. The van der Waals surface area contributed by atoms with Gasteiger partial charge in [-0.05, 0) is 29.4 Å². The van der Waals surface area contributed by atoms with E-state index in [9.17, 15) is 4.57 Å². The number of hydrogen-bond donors (Lipinski definition) is 0. The van der Waals surface area contributed by atoms with E-state index < -0.39 is 9.92 Å². The number of hydrogen-bond acceptors (Lipinski definition) is 1. The van der Waals surface area contributed by atoms with Gasteiger partial charge in [-0.1, -0.05) is 23.2 Å². The van der Waals surface area contributed by atoms with E-state index in [1.54, 1.807) is 6.92 Å². The molecule has 0 saturated carbocycles. The van der Waals surface area contributed by atoms with Crippen LogP contribution < -0.4 is 0 Å². The average molecular weight is 278 g/mol. The van der Waals surface area contributed by atoms with Crippen molar-refractivity contribution in [1.29, 1.82) is 0 Å². The third-order valence-corrected chi connectivity index (χ3v) is 6.51. The maximum Gasteiger partial charge on any atom is 0.287 e. The zero-order valence-electron chi connectivity index (χ0n) is 5.53. The fourth-order valence-electron chi connectivity index (χ4n) is 0.445. The normalized spacial score (nSPS) is 16.5. The third-order valence-electron chi connectivity index (χ3n) is 0.908. The Hall–Kier alpha value is 1.68. The molecule has 0 spiro atoms. The fourth-order valence-corrected chi connectivity index (χ4v) is 2.31. The Bertz CT molecular complexity index is 173. The van der Waals surface area contributed by atoms with Crippen LogP contribution in [0.4, 0.5) is 0 Å². The Morgan fingerprint density at radius 2 is 1.82 bits per heavy atom. The molecule has 0 amide bonds. The van der Waals surface area contributed by atoms with E-state index in [0.29, 0.717) is 0 Å². The Morgan fingerprint density at radius 1 is 1.45 bits per heavy atom. The van der Waals surface area contributed by atoms with Gasteiger partial charge in [-0.25, -0.2) is 0 Å². The smallest absolute Gasteiger partial charge is 0.286 e. The summed E-state index contributed by atoms with van der Waals surface area (Å²) in [6.45, 7) is 1.66. The molecule has 0 aromatic heterocycles. The van der Waals surface area contributed by atoms with Crippen LogP contribution in [0.2, 0.25) is 0 Å². The summed E-state index contributed by atoms with van der Waals surface area (Å²) in [5.41, 5.74) is 0. The second-order valence-electron chi connectivity index (χ2n) is 2.11. The van der Waals surface area contributed by atoms with Gasteiger partial charge in [-0.3, -0.25) is 4.57 Å². The summed E-state index contributed by atoms with van der Waals surface area (Å²) < 4.78 is 9.34. The summed E-state index contributed by atoms with van der Waals surface area (Å²) in [5, 5.41) is -0.323. The van der Waals surface area contributed by atoms with Gasteiger partial charge < -0.3 is 0 Å². The fraction of sp³-hybridized carbons (Fsp3) is 1.00. The van der Waals surface area contributed by atoms with E-state index in [2.05, 4.69) is 0 Å². The van der Waals surface area contributed by atoms with Crippen LogP contribution in [0.5, 0.6) is 0 Å². The van der Waals surface area contributed by atoms with E-state index in [-0.39, 0.29) is 11.8 Å². The van der Waals surface area contributed by atoms with Gasteiger partial charge in [0.2, 0.25) is 0 Å². The maximum absolute atomic E-state index is 11.0. The highest BCUT2D eigenvalue weighted by Gasteiger charge is 2.43. The van der Waals surface area contributed by atoms with Crippen LogP contribution in [0, 0.1) is 0 Å². The first kappa shape index (κ1) is 12.7. The van der Waals surface area contributed by atoms with Gasteiger partial charge in [-0.15, -0.1) is 11.6 Å². The summed E-state index contributed by atoms with van der Waals surface area (Å²) in [5.74, 6) is -3.53. The zero-order chi connectivity index (χ0) is 9.28. The molecule has 68 valence electrons. The van der Waals surface area contributed by atoms with E-state index in [0.717, 1.165) is 0 Å². The lowest BCUT2D eigenvalue weighted by Crippen LogP contribution is -2.13. The lowest BCUT2D eigenvalue weighted by molar-refractivity contribution is 0.585. The van der Waals surface area contributed by atoms with Crippen molar-refractivity contribution in [3.05, 3.63) is 0 Å². The molecule has 0 fully saturated rings. The molecule has 0 radical (unpaired) electrons. The first-order valence-electron chi connectivity index (χ1n) is 2.68. The van der Waals surface area contributed by atoms with Crippen molar-refractivity contribution in [2.24, 2.45) is 0 Å². The van der Waals surface area contributed by atoms with Crippen LogP contribution in [0.1, 0.15) is 13.3 Å². The zero-order valence-corrected chi connectivity index (χ0v) is 10.2. The van der Waals surface area contributed by atoms with Crippen LogP contribution >= 0.6 is 63.1 Å². The van der Waals surface area contributed by atoms with Crippen molar-refractivity contribution in [2.75, 3.05) is 0 Å². The van der Waals surface area contributed by atoms with Gasteiger partial charge in [0.25, 0.3) is 5.85 Å². The molecule has 0 aromatic rings. The Balaban J connectivity index is 4.35. The van der Waals surface area contributed by atoms with E-state index >= 15 is 0 Å². The minimum absolute atomic E-state index is 0.0853. The lowest BCUT2D eigenvalue weighted by atomic mass is 10.4. The molecule has 1 unspecified atom stereocenters. The highest BCUT2D eigenvalue weighted by molar-refractivity contribution is 8.11. The molecule has 0 aromatic carbocycles. The van der Waals surface area contributed by atoms with Gasteiger partial charge in [0, 0.05) is 11.8 Å². The number of halogens is 5. The lowest BCUT2D eigenvalue weighted by Gasteiger charge is -2.20. The minimum Gasteiger partial charge on any atom is -0.286 e. The summed E-state index contributed by atoms with van der Waals surface area (Å²) in [4.78, 5) is 0. The van der Waals surface area contributed by atoms with Crippen LogP contribution in [-0.2, 0) is 4.57 Å². The molecule has 0 heterocycles. The molecule has 0 bridgehead atoms. The van der Waals surface area contributed by atoms with Crippen molar-refractivity contribution in [2.45, 2.75) is 22.8 Å². The van der Waals surface area contributed by atoms with Crippen molar-refractivity contribution < 1.29 is 4.57 Å². The van der Waals surface area contributed by atoms with Crippen LogP contribution in [0.3, 0.4) is 0 Å². The van der Waals surface area contributed by atoms with E-state index in [1.807, 2.05) is 0 Å². The van der Waals surface area contributed by atoms with Crippen LogP contribution in [0.15, 0.2) is 0 Å². The second-order valence-corrected chi connectivity index (χ2v) is 9.93. The SMILES string of the molecule is CC(Cl)CC(Cl)(Cl)P(=O)(Cl)Cl. The van der Waals surface area contributed by atoms with Gasteiger partial charge in [0.15, 0.2) is 4.07 Å². The molecule has 1 atom stereocenters. The Labute approximate surface area is 90.2 Å². The minimum atomic E-state index is -3.53. The molecule has 7 heteroatoms. The highest BCUT2D eigenvalue weighted by Crippen LogP contribution is 2.72. The van der Waals surface area contributed by atoms with Gasteiger partial charge in [0.05, 0.1) is 0 Å². The van der Waals surface area contributed by atoms with E-state index in [4.69, 9.17) is 57.3 Å². The predicted molar refractivity (Wildman–Crippen MR) is 53.7 cm³/mol. The first-order chi connectivity index (χ1) is 4.67. The summed E-state index contributed by atoms with van der Waals surface area (Å²) in [7, 11) is 0. The van der Waals surface area contributed by atoms with Crippen LogP contribution in [0.25, 0.3) is 0 Å². The topological polar surface area (TPSA) is 17.1 Å². The molecule has 0 aliphatic rings. The standard InChI is InChI=1S/C4H6Cl5OP/c1-3(5)2-4(6,7)11(8,9)10/h3H,2H2,1H3. The van der Waals surface area contributed by atoms with Gasteiger partial charge in [-0.2, -0.15) is 0 Å². The predicted octanol–water partition coefficient (Wildman–Crippen LogP) is 4.81. The first-order valence-corrected chi connectivity index (χ1v) is 7.39. The average Bonchev–Trinajstić information content (AvgIpc) is 1.56. The molecular formula is C4H6Cl5OP. The Morgan fingerprint density at radius 3 is 1.91 bits per heavy atom. The van der Waals surface area contributed by atoms with Gasteiger partial charge in [0.1, 0.15) is 0 Å². The summed E-state index contributed by atoms with van der Waals surface area (Å²) in [6.07, 6.45) is 0.0853. The van der Waals surface area contributed by atoms with E-state index in [1.165, 1.54) is 0 Å². The second kappa shape index (κ2) is 4.26. The van der Waals surface area contributed by atoms with Crippen molar-refractivity contribution in [3.63, 3.8) is 0 Å². The van der Waals surface area contributed by atoms with Gasteiger partial charge >= 0.3 is 0 Å². The maximum atomic E-state index is 11.0. The van der Waals surface area contributed by atoms with Crippen molar-refractivity contribution >= 4 is 63.1 Å². The molecule has 0 aliphatic heterocycles. The van der Waals surface area contributed by atoms with Crippen molar-refractivity contribution in [3.8, 4) is 0 Å². The molecule has 0 rings (SSSR count). The quantitative estimate of drug-likeness (QED) is 0.535. The summed E-state index contributed by atoms with van der Waals surface area (Å²) in [6, 6.07) is 0. The largest absolute Gasteiger partial charge is 0.287 e. The molecular weight excluding hydrogens is 272 g/mol. The number of rotatable bonds is 3. The molecule has 11 heavy (non-hydrogen) atoms.